The Hall–Kier alpha value is -3.39. The van der Waals surface area contributed by atoms with Gasteiger partial charge in [-0.1, -0.05) is 23.7 Å². The van der Waals surface area contributed by atoms with E-state index in [0.717, 1.165) is 5.56 Å². The normalized spacial score (nSPS) is 14.3. The van der Waals surface area contributed by atoms with Gasteiger partial charge in [-0.2, -0.15) is 5.10 Å². The first-order valence-electron chi connectivity index (χ1n) is 10.0. The first kappa shape index (κ1) is 20.9. The number of carbonyl (C=O) groups excluding carboxylic acids is 2. The fourth-order valence-electron chi connectivity index (χ4n) is 3.41. The first-order chi connectivity index (χ1) is 15.1. The van der Waals surface area contributed by atoms with Crippen molar-refractivity contribution < 1.29 is 14.3 Å². The van der Waals surface area contributed by atoms with Crippen LogP contribution in [0.25, 0.3) is 11.3 Å². The van der Waals surface area contributed by atoms with Gasteiger partial charge >= 0.3 is 0 Å². The number of halogens is 1. The first-order valence-corrected chi connectivity index (χ1v) is 10.4. The molecule has 0 atom stereocenters. The van der Waals surface area contributed by atoms with Crippen molar-refractivity contribution in [1.29, 1.82) is 0 Å². The summed E-state index contributed by atoms with van der Waals surface area (Å²) in [5, 5.41) is 10.1. The lowest BCUT2D eigenvalue weighted by atomic mass is 10.1. The number of pyridine rings is 1. The number of hydrogen-bond donors (Lipinski definition) is 2. The molecule has 160 valence electrons. The Kier molecular flexibility index (Phi) is 6.47. The Labute approximate surface area is 184 Å². The highest BCUT2D eigenvalue weighted by atomic mass is 35.5. The zero-order valence-electron chi connectivity index (χ0n) is 16.8. The van der Waals surface area contributed by atoms with Crippen LogP contribution in [0.15, 0.2) is 54.9 Å². The highest BCUT2D eigenvalue weighted by Gasteiger charge is 2.24. The minimum absolute atomic E-state index is 0.00873. The number of carbonyl (C=O) groups is 2. The highest BCUT2D eigenvalue weighted by Crippen LogP contribution is 2.26. The summed E-state index contributed by atoms with van der Waals surface area (Å²) in [5.74, 6) is 0.149. The van der Waals surface area contributed by atoms with E-state index in [-0.39, 0.29) is 24.5 Å². The Morgan fingerprint density at radius 3 is 2.74 bits per heavy atom. The number of hydrogen-bond acceptors (Lipinski definition) is 5. The smallest absolute Gasteiger partial charge is 0.269 e. The monoisotopic (exact) mass is 439 g/mol. The second-order valence-electron chi connectivity index (χ2n) is 7.22. The molecule has 0 unspecified atom stereocenters. The van der Waals surface area contributed by atoms with Crippen LogP contribution in [0.2, 0.25) is 5.02 Å². The summed E-state index contributed by atoms with van der Waals surface area (Å²) in [6, 6.07) is 12.6. The van der Waals surface area contributed by atoms with Crippen molar-refractivity contribution in [2.75, 3.05) is 19.6 Å². The van der Waals surface area contributed by atoms with Crippen LogP contribution >= 0.6 is 11.6 Å². The van der Waals surface area contributed by atoms with Crippen LogP contribution in [-0.2, 0) is 4.79 Å². The van der Waals surface area contributed by atoms with Gasteiger partial charge in [-0.25, -0.2) is 0 Å². The molecule has 3 heterocycles. The third-order valence-corrected chi connectivity index (χ3v) is 5.42. The Balaban J connectivity index is 1.24. The number of para-hydroxylation sites is 1. The van der Waals surface area contributed by atoms with Gasteiger partial charge in [-0.15, -0.1) is 0 Å². The topological polar surface area (TPSA) is 100 Å². The summed E-state index contributed by atoms with van der Waals surface area (Å²) >= 11 is 6.14. The van der Waals surface area contributed by atoms with Gasteiger partial charge in [0.2, 0.25) is 5.91 Å². The number of H-pyrrole nitrogens is 1. The van der Waals surface area contributed by atoms with E-state index in [1.165, 1.54) is 0 Å². The van der Waals surface area contributed by atoms with E-state index in [1.54, 1.807) is 35.5 Å². The van der Waals surface area contributed by atoms with Crippen LogP contribution in [-0.4, -0.2) is 57.6 Å². The molecule has 0 bridgehead atoms. The van der Waals surface area contributed by atoms with Gasteiger partial charge in [0.05, 0.1) is 17.3 Å². The van der Waals surface area contributed by atoms with Crippen LogP contribution in [0.3, 0.4) is 0 Å². The highest BCUT2D eigenvalue weighted by molar-refractivity contribution is 6.32. The second kappa shape index (κ2) is 9.61. The number of piperidine rings is 1. The number of ether oxygens (including phenoxy) is 1. The SMILES string of the molecule is O=C(NCC(=O)N1CCC(Oc2ccccc2Cl)CC1)c1cc(-c2cccnc2)n[nH]1. The fraction of sp³-hybridized carbons (Fsp3) is 0.273. The number of aromatic nitrogens is 3. The average Bonchev–Trinajstić information content (AvgIpc) is 3.30. The lowest BCUT2D eigenvalue weighted by Gasteiger charge is -2.32. The van der Waals surface area contributed by atoms with Crippen molar-refractivity contribution in [3.8, 4) is 17.0 Å². The van der Waals surface area contributed by atoms with Gasteiger partial charge in [-0.05, 0) is 30.3 Å². The zero-order chi connectivity index (χ0) is 21.6. The number of nitrogens with one attached hydrogen (secondary N) is 2. The van der Waals surface area contributed by atoms with Crippen LogP contribution in [0.5, 0.6) is 5.75 Å². The molecule has 1 aromatic carbocycles. The van der Waals surface area contributed by atoms with E-state index in [4.69, 9.17) is 16.3 Å². The molecule has 1 aliphatic rings. The minimum atomic E-state index is -0.382. The molecule has 0 aliphatic carbocycles. The minimum Gasteiger partial charge on any atom is -0.489 e. The molecule has 0 spiro atoms. The predicted molar refractivity (Wildman–Crippen MR) is 116 cm³/mol. The van der Waals surface area contributed by atoms with Crippen molar-refractivity contribution >= 4 is 23.4 Å². The average molecular weight is 440 g/mol. The molecular weight excluding hydrogens is 418 g/mol. The molecule has 4 rings (SSSR count). The van der Waals surface area contributed by atoms with Crippen LogP contribution < -0.4 is 10.1 Å². The third kappa shape index (κ3) is 5.21. The number of rotatable bonds is 6. The van der Waals surface area contributed by atoms with Gasteiger partial charge in [0.1, 0.15) is 17.5 Å². The molecule has 31 heavy (non-hydrogen) atoms. The van der Waals surface area contributed by atoms with E-state index < -0.39 is 0 Å². The standard InChI is InChI=1S/C22H22ClN5O3/c23-17-5-1-2-6-20(17)31-16-7-10-28(11-8-16)21(29)14-25-22(30)19-12-18(26-27-19)15-4-3-9-24-13-15/h1-6,9,12-13,16H,7-8,10-11,14H2,(H,25,30)(H,26,27). The van der Waals surface area contributed by atoms with Crippen LogP contribution in [0.1, 0.15) is 23.3 Å². The lowest BCUT2D eigenvalue weighted by molar-refractivity contribution is -0.131. The Bertz CT molecular complexity index is 1050. The maximum Gasteiger partial charge on any atom is 0.269 e. The maximum absolute atomic E-state index is 12.5. The van der Waals surface area contributed by atoms with Gasteiger partial charge in [-0.3, -0.25) is 19.7 Å². The van der Waals surface area contributed by atoms with Gasteiger partial charge < -0.3 is 15.0 Å². The lowest BCUT2D eigenvalue weighted by Crippen LogP contribution is -2.46. The maximum atomic E-state index is 12.5. The fourth-order valence-corrected chi connectivity index (χ4v) is 3.59. The van der Waals surface area contributed by atoms with Crippen molar-refractivity contribution in [2.24, 2.45) is 0 Å². The van der Waals surface area contributed by atoms with Crippen molar-refractivity contribution in [3.63, 3.8) is 0 Å². The van der Waals surface area contributed by atoms with E-state index in [1.807, 2.05) is 24.3 Å². The van der Waals surface area contributed by atoms with E-state index >= 15 is 0 Å². The number of likely N-dealkylation sites (tertiary alicyclic amines) is 1. The summed E-state index contributed by atoms with van der Waals surface area (Å²) in [4.78, 5) is 30.6. The largest absolute Gasteiger partial charge is 0.489 e. The molecular formula is C22H22ClN5O3. The Morgan fingerprint density at radius 2 is 2.00 bits per heavy atom. The zero-order valence-corrected chi connectivity index (χ0v) is 17.5. The van der Waals surface area contributed by atoms with Crippen molar-refractivity contribution in [2.45, 2.75) is 18.9 Å². The molecule has 0 radical (unpaired) electrons. The molecule has 1 fully saturated rings. The third-order valence-electron chi connectivity index (χ3n) is 5.10. The second-order valence-corrected chi connectivity index (χ2v) is 7.63. The molecule has 8 nitrogen and oxygen atoms in total. The molecule has 2 N–H and O–H groups in total. The molecule has 2 amide bonds. The number of nitrogens with zero attached hydrogens (tertiary/aromatic N) is 3. The van der Waals surface area contributed by atoms with Gasteiger partial charge in [0.25, 0.3) is 5.91 Å². The van der Waals surface area contributed by atoms with E-state index in [9.17, 15) is 9.59 Å². The molecule has 0 saturated carbocycles. The number of amides is 2. The summed E-state index contributed by atoms with van der Waals surface area (Å²) in [6.07, 6.45) is 4.76. The molecule has 1 aliphatic heterocycles. The van der Waals surface area contributed by atoms with Gasteiger partial charge in [0, 0.05) is 43.9 Å². The number of aromatic amines is 1. The van der Waals surface area contributed by atoms with Crippen molar-refractivity contribution in [3.05, 3.63) is 65.6 Å². The molecule has 3 aromatic rings. The molecule has 2 aromatic heterocycles. The summed E-state index contributed by atoms with van der Waals surface area (Å²) in [6.45, 7) is 1.06. The number of benzene rings is 1. The van der Waals surface area contributed by atoms with E-state index in [2.05, 4.69) is 20.5 Å². The Morgan fingerprint density at radius 1 is 1.19 bits per heavy atom. The quantitative estimate of drug-likeness (QED) is 0.615. The predicted octanol–water partition coefficient (Wildman–Crippen LogP) is 2.92. The summed E-state index contributed by atoms with van der Waals surface area (Å²) in [7, 11) is 0. The molecule has 9 heteroatoms. The summed E-state index contributed by atoms with van der Waals surface area (Å²) < 4.78 is 5.95. The molecule has 1 saturated heterocycles. The van der Waals surface area contributed by atoms with Crippen LogP contribution in [0, 0.1) is 0 Å². The summed E-state index contributed by atoms with van der Waals surface area (Å²) in [5.41, 5.74) is 1.71. The van der Waals surface area contributed by atoms with Gasteiger partial charge in [0.15, 0.2) is 0 Å². The van der Waals surface area contributed by atoms with Crippen molar-refractivity contribution in [1.82, 2.24) is 25.4 Å². The van der Waals surface area contributed by atoms with E-state index in [0.29, 0.717) is 48.1 Å². The van der Waals surface area contributed by atoms with Crippen LogP contribution in [0.4, 0.5) is 0 Å².